The van der Waals surface area contributed by atoms with E-state index in [4.69, 9.17) is 10.2 Å². The van der Waals surface area contributed by atoms with Crippen LogP contribution in [-0.2, 0) is 4.79 Å². The van der Waals surface area contributed by atoms with Crippen LogP contribution in [0, 0.1) is 0 Å². The first-order valence-corrected chi connectivity index (χ1v) is 3.17. The third kappa shape index (κ3) is 2.83. The van der Waals surface area contributed by atoms with E-state index in [1.54, 1.807) is 30.3 Å². The van der Waals surface area contributed by atoms with Gasteiger partial charge in [0.1, 0.15) is 0 Å². The molecular weight excluding hydrogens is 263 g/mol. The van der Waals surface area contributed by atoms with Gasteiger partial charge in [0, 0.05) is 0 Å². The minimum atomic E-state index is -1.41. The van der Waals surface area contributed by atoms with Gasteiger partial charge in [-0.3, -0.25) is 0 Å². The normalized spacial score (nSPS) is 11.4. The zero-order chi connectivity index (χ0) is 8.27. The van der Waals surface area contributed by atoms with Crippen LogP contribution in [0.25, 0.3) is 0 Å². The molecule has 1 aromatic carbocycles. The first-order chi connectivity index (χ1) is 5.22. The Bertz CT molecular complexity index is 248. The molecule has 0 aliphatic heterocycles. The van der Waals surface area contributed by atoms with Crippen LogP contribution in [0.4, 0.5) is 0 Å². The van der Waals surface area contributed by atoms with Crippen LogP contribution in [0.5, 0.6) is 0 Å². The van der Waals surface area contributed by atoms with Crippen molar-refractivity contribution in [2.24, 2.45) is 0 Å². The average Bonchev–Trinajstić information content (AvgIpc) is 2.05. The molecule has 0 bridgehead atoms. The van der Waals surface area contributed by atoms with Gasteiger partial charge in [-0.25, -0.2) is 4.79 Å². The monoisotopic (exact) mass is 273 g/mol. The summed E-state index contributed by atoms with van der Waals surface area (Å²) in [6.45, 7) is 0. The quantitative estimate of drug-likeness (QED) is 0.754. The van der Waals surface area contributed by atoms with Gasteiger partial charge in [-0.2, -0.15) is 0 Å². The number of hydrogen-bond donors (Lipinski definition) is 2. The van der Waals surface area contributed by atoms with Crippen molar-refractivity contribution in [3.63, 3.8) is 0 Å². The van der Waals surface area contributed by atoms with Crippen molar-refractivity contribution in [1.29, 1.82) is 0 Å². The summed E-state index contributed by atoms with van der Waals surface area (Å²) in [7, 11) is 0. The number of aliphatic hydroxyl groups is 1. The average molecular weight is 272 g/mol. The predicted octanol–water partition coefficient (Wildman–Crippen LogP) is 0.156. The molecule has 0 spiro atoms. The van der Waals surface area contributed by atoms with E-state index >= 15 is 0 Å². The number of hydrogen-bond acceptors (Lipinski definition) is 2. The molecule has 0 saturated heterocycles. The van der Waals surface area contributed by atoms with Crippen molar-refractivity contribution >= 4 is 29.9 Å². The van der Waals surface area contributed by atoms with Gasteiger partial charge in [0.05, 0.1) is 0 Å². The second kappa shape index (κ2) is 5.16. The predicted molar refractivity (Wildman–Crippen MR) is 46.2 cm³/mol. The van der Waals surface area contributed by atoms with Gasteiger partial charge in [-0.1, -0.05) is 30.3 Å². The number of rotatable bonds is 2. The van der Waals surface area contributed by atoms with E-state index in [0.717, 1.165) is 0 Å². The Kier molecular flexibility index (Phi) is 4.92. The van der Waals surface area contributed by atoms with E-state index in [0.29, 0.717) is 5.56 Å². The van der Waals surface area contributed by atoms with Gasteiger partial charge in [-0.15, -0.1) is 0 Å². The topological polar surface area (TPSA) is 57.5 Å². The fourth-order valence-electron chi connectivity index (χ4n) is 0.778. The number of carboxylic acids is 1. The van der Waals surface area contributed by atoms with Gasteiger partial charge in [0.25, 0.3) is 0 Å². The molecule has 0 aliphatic carbocycles. The molecule has 0 saturated carbocycles. The Labute approximate surface area is 87.0 Å². The summed E-state index contributed by atoms with van der Waals surface area (Å²) in [6, 6.07) is 8.26. The van der Waals surface area contributed by atoms with E-state index in [1.165, 1.54) is 0 Å². The van der Waals surface area contributed by atoms with Crippen LogP contribution in [0.3, 0.4) is 0 Å². The van der Waals surface area contributed by atoms with Crippen molar-refractivity contribution in [3.05, 3.63) is 35.9 Å². The van der Waals surface area contributed by atoms with Gasteiger partial charge in [0.2, 0.25) is 0 Å². The number of benzene rings is 1. The second-order valence-corrected chi connectivity index (χ2v) is 2.15. The number of aliphatic carboxylic acids is 1. The maximum atomic E-state index is 10.2. The van der Waals surface area contributed by atoms with Gasteiger partial charge < -0.3 is 10.2 Å². The fourth-order valence-corrected chi connectivity index (χ4v) is 0.778. The van der Waals surface area contributed by atoms with Crippen LogP contribution < -0.4 is 0 Å². The molecule has 0 fully saturated rings. The molecule has 12 heavy (non-hydrogen) atoms. The molecule has 2 N–H and O–H groups in total. The van der Waals surface area contributed by atoms with E-state index < -0.39 is 12.1 Å². The van der Waals surface area contributed by atoms with Crippen LogP contribution in [-0.4, -0.2) is 40.1 Å². The summed E-state index contributed by atoms with van der Waals surface area (Å²) in [5, 5.41) is 17.4. The van der Waals surface area contributed by atoms with E-state index in [-0.39, 0.29) is 23.9 Å². The Balaban J connectivity index is 0.00000121. The second-order valence-electron chi connectivity index (χ2n) is 2.15. The summed E-state index contributed by atoms with van der Waals surface area (Å²) in [6.07, 6.45) is -1.41. The molecule has 0 aromatic heterocycles. The van der Waals surface area contributed by atoms with Crippen LogP contribution in [0.1, 0.15) is 11.7 Å². The van der Waals surface area contributed by atoms with Crippen molar-refractivity contribution in [2.75, 3.05) is 0 Å². The standard InChI is InChI=1S/C8H8O3.Sn.H/c9-7(8(10)11)6-4-2-1-3-5-6;;/h1-5,7,9H,(H,10,11);;. The molecule has 3 radical (unpaired) electrons. The van der Waals surface area contributed by atoms with Crippen molar-refractivity contribution in [2.45, 2.75) is 6.10 Å². The minimum absolute atomic E-state index is 0. The van der Waals surface area contributed by atoms with Crippen molar-refractivity contribution in [3.8, 4) is 0 Å². The summed E-state index contributed by atoms with van der Waals surface area (Å²) < 4.78 is 0. The molecule has 1 aromatic rings. The molecule has 0 amide bonds. The molecule has 3 nitrogen and oxygen atoms in total. The van der Waals surface area contributed by atoms with Gasteiger partial charge in [0.15, 0.2) is 6.10 Å². The molecule has 0 heterocycles. The zero-order valence-corrected chi connectivity index (χ0v) is 9.64. The Hall–Kier alpha value is -0.551. The third-order valence-electron chi connectivity index (χ3n) is 1.35. The molecule has 0 aliphatic rings. The third-order valence-corrected chi connectivity index (χ3v) is 1.35. The Morgan fingerprint density at radius 2 is 1.75 bits per heavy atom. The van der Waals surface area contributed by atoms with E-state index in [2.05, 4.69) is 0 Å². The number of carboxylic acid groups (broad SMARTS) is 1. The summed E-state index contributed by atoms with van der Waals surface area (Å²) in [4.78, 5) is 10.2. The van der Waals surface area contributed by atoms with Crippen molar-refractivity contribution in [1.82, 2.24) is 0 Å². The number of aliphatic hydroxyl groups excluding tert-OH is 1. The molecule has 63 valence electrons. The van der Waals surface area contributed by atoms with E-state index in [9.17, 15) is 4.79 Å². The Morgan fingerprint density at radius 3 is 2.17 bits per heavy atom. The molecule has 4 heteroatoms. The first kappa shape index (κ1) is 11.4. The fraction of sp³-hybridized carbons (Fsp3) is 0.125. The summed E-state index contributed by atoms with van der Waals surface area (Å²) in [5.41, 5.74) is 0.403. The summed E-state index contributed by atoms with van der Waals surface area (Å²) in [5.74, 6) is -1.23. The molecule has 1 unspecified atom stereocenters. The Morgan fingerprint density at radius 1 is 1.25 bits per heavy atom. The molecular formula is C8H9O3Sn. The number of carbonyl (C=O) groups is 1. The molecule has 1 rings (SSSR count). The SMILES string of the molecule is O=C(O)C(O)c1ccccc1.[SnH]. The van der Waals surface area contributed by atoms with Gasteiger partial charge >= 0.3 is 29.9 Å². The maximum absolute atomic E-state index is 10.2. The first-order valence-electron chi connectivity index (χ1n) is 3.17. The van der Waals surface area contributed by atoms with E-state index in [1.807, 2.05) is 0 Å². The van der Waals surface area contributed by atoms with Crippen LogP contribution in [0.15, 0.2) is 30.3 Å². The van der Waals surface area contributed by atoms with Crippen molar-refractivity contribution < 1.29 is 15.0 Å². The van der Waals surface area contributed by atoms with Crippen LogP contribution in [0.2, 0.25) is 0 Å². The van der Waals surface area contributed by atoms with Crippen LogP contribution >= 0.6 is 0 Å². The van der Waals surface area contributed by atoms with Gasteiger partial charge in [-0.05, 0) is 5.56 Å². The summed E-state index contributed by atoms with van der Waals surface area (Å²) >= 11 is 0. The molecule has 1 atom stereocenters. The zero-order valence-electron chi connectivity index (χ0n) is 6.34.